The van der Waals surface area contributed by atoms with E-state index in [4.69, 9.17) is 4.42 Å². The molecule has 0 aliphatic heterocycles. The lowest BCUT2D eigenvalue weighted by Gasteiger charge is -2.25. The number of aromatic nitrogens is 7. The molecule has 4 aromatic rings. The Hall–Kier alpha value is -2.82. The molecule has 0 aromatic carbocycles. The third-order valence-electron chi connectivity index (χ3n) is 5.00. The Morgan fingerprint density at radius 3 is 2.66 bits per heavy atom. The van der Waals surface area contributed by atoms with Crippen molar-refractivity contribution in [3.05, 3.63) is 36.4 Å². The molecular formula is C18H17F2N7OS. The fourth-order valence-corrected chi connectivity index (χ4v) is 4.52. The summed E-state index contributed by atoms with van der Waals surface area (Å²) in [6.45, 7) is 0. The van der Waals surface area contributed by atoms with Gasteiger partial charge in [0.05, 0.1) is 6.26 Å². The smallest absolute Gasteiger partial charge is 0.299 e. The Kier molecular flexibility index (Phi) is 4.74. The Bertz CT molecular complexity index is 1120. The first-order valence-corrected chi connectivity index (χ1v) is 10.2. The summed E-state index contributed by atoms with van der Waals surface area (Å²) >= 11 is 1.28. The molecule has 0 bridgehead atoms. The molecule has 0 unspecified atom stereocenters. The highest BCUT2D eigenvalue weighted by atomic mass is 32.2. The van der Waals surface area contributed by atoms with E-state index in [0.717, 1.165) is 30.2 Å². The molecule has 1 saturated carbocycles. The average Bonchev–Trinajstić information content (AvgIpc) is 3.47. The Labute approximate surface area is 168 Å². The Morgan fingerprint density at radius 1 is 1.03 bits per heavy atom. The van der Waals surface area contributed by atoms with Crippen LogP contribution in [0.1, 0.15) is 50.4 Å². The molecule has 1 aliphatic carbocycles. The third kappa shape index (κ3) is 3.39. The van der Waals surface area contributed by atoms with Crippen LogP contribution in [0.2, 0.25) is 0 Å². The van der Waals surface area contributed by atoms with Crippen LogP contribution in [0.4, 0.5) is 8.78 Å². The lowest BCUT2D eigenvalue weighted by Crippen LogP contribution is -2.15. The first-order chi connectivity index (χ1) is 14.2. The topological polar surface area (TPSA) is 86.9 Å². The van der Waals surface area contributed by atoms with Crippen LogP contribution in [-0.2, 0) is 0 Å². The molecule has 11 heteroatoms. The van der Waals surface area contributed by atoms with E-state index in [1.165, 1.54) is 18.2 Å². The SMILES string of the molecule is FC(F)c1nnc2ccc(Sc3nnc(-c4ccco4)n3C3CCCCC3)nn12. The number of nitrogens with zero attached hydrogens (tertiary/aromatic N) is 7. The van der Waals surface area contributed by atoms with E-state index in [1.807, 2.05) is 12.1 Å². The van der Waals surface area contributed by atoms with Crippen LogP contribution in [0.25, 0.3) is 17.2 Å². The Balaban J connectivity index is 1.54. The summed E-state index contributed by atoms with van der Waals surface area (Å²) in [5, 5.41) is 21.4. The van der Waals surface area contributed by atoms with Gasteiger partial charge in [-0.25, -0.2) is 8.78 Å². The van der Waals surface area contributed by atoms with E-state index < -0.39 is 12.2 Å². The molecule has 0 radical (unpaired) electrons. The second kappa shape index (κ2) is 7.54. The number of hydrogen-bond donors (Lipinski definition) is 0. The van der Waals surface area contributed by atoms with Crippen molar-refractivity contribution in [1.82, 2.24) is 34.6 Å². The van der Waals surface area contributed by atoms with Crippen LogP contribution in [-0.4, -0.2) is 34.6 Å². The van der Waals surface area contributed by atoms with Crippen molar-refractivity contribution in [2.45, 2.75) is 54.8 Å². The zero-order valence-electron chi connectivity index (χ0n) is 15.3. The van der Waals surface area contributed by atoms with Crippen LogP contribution in [0.3, 0.4) is 0 Å². The fraction of sp³-hybridized carbons (Fsp3) is 0.389. The maximum atomic E-state index is 13.1. The van der Waals surface area contributed by atoms with E-state index in [9.17, 15) is 8.78 Å². The maximum Gasteiger partial charge on any atom is 0.299 e. The van der Waals surface area contributed by atoms with E-state index in [2.05, 4.69) is 30.1 Å². The number of hydrogen-bond acceptors (Lipinski definition) is 7. The van der Waals surface area contributed by atoms with Crippen LogP contribution in [0.15, 0.2) is 45.1 Å². The second-order valence-electron chi connectivity index (χ2n) is 6.85. The number of rotatable bonds is 5. The van der Waals surface area contributed by atoms with Gasteiger partial charge in [-0.3, -0.25) is 4.57 Å². The molecule has 0 N–H and O–H groups in total. The highest BCUT2D eigenvalue weighted by molar-refractivity contribution is 7.99. The van der Waals surface area contributed by atoms with Crippen LogP contribution >= 0.6 is 11.8 Å². The van der Waals surface area contributed by atoms with Crippen molar-refractivity contribution >= 4 is 17.4 Å². The lowest BCUT2D eigenvalue weighted by atomic mass is 9.95. The van der Waals surface area contributed by atoms with Crippen molar-refractivity contribution in [2.75, 3.05) is 0 Å². The Morgan fingerprint density at radius 2 is 1.90 bits per heavy atom. The van der Waals surface area contributed by atoms with Gasteiger partial charge in [0.2, 0.25) is 11.6 Å². The quantitative estimate of drug-likeness (QED) is 0.470. The largest absolute Gasteiger partial charge is 0.461 e. The zero-order chi connectivity index (χ0) is 19.8. The van der Waals surface area contributed by atoms with E-state index in [-0.39, 0.29) is 11.7 Å². The van der Waals surface area contributed by atoms with Crippen molar-refractivity contribution in [1.29, 1.82) is 0 Å². The van der Waals surface area contributed by atoms with Crippen molar-refractivity contribution in [2.24, 2.45) is 0 Å². The minimum Gasteiger partial charge on any atom is -0.461 e. The van der Waals surface area contributed by atoms with Crippen molar-refractivity contribution in [3.8, 4) is 11.6 Å². The predicted molar refractivity (Wildman–Crippen MR) is 99.7 cm³/mol. The summed E-state index contributed by atoms with van der Waals surface area (Å²) in [5.74, 6) is 0.840. The molecule has 29 heavy (non-hydrogen) atoms. The molecule has 0 spiro atoms. The first kappa shape index (κ1) is 18.2. The third-order valence-corrected chi connectivity index (χ3v) is 5.89. The molecule has 0 saturated heterocycles. The number of fused-ring (bicyclic) bond motifs is 1. The van der Waals surface area contributed by atoms with Crippen molar-refractivity contribution in [3.63, 3.8) is 0 Å². The summed E-state index contributed by atoms with van der Waals surface area (Å²) in [6.07, 6.45) is 4.43. The minimum atomic E-state index is -2.76. The normalized spacial score (nSPS) is 15.6. The average molecular weight is 417 g/mol. The number of alkyl halides is 2. The molecule has 150 valence electrons. The summed E-state index contributed by atoms with van der Waals surface area (Å²) in [6, 6.07) is 7.26. The summed E-state index contributed by atoms with van der Waals surface area (Å²) in [7, 11) is 0. The number of halogens is 2. The molecule has 4 heterocycles. The summed E-state index contributed by atoms with van der Waals surface area (Å²) < 4.78 is 35.0. The lowest BCUT2D eigenvalue weighted by molar-refractivity contribution is 0.137. The van der Waals surface area contributed by atoms with Crippen molar-refractivity contribution < 1.29 is 13.2 Å². The van der Waals surface area contributed by atoms with E-state index in [1.54, 1.807) is 18.4 Å². The minimum absolute atomic E-state index is 0.261. The molecule has 0 atom stereocenters. The van der Waals surface area contributed by atoms with Gasteiger partial charge in [0.25, 0.3) is 6.43 Å². The van der Waals surface area contributed by atoms with Gasteiger partial charge in [-0.1, -0.05) is 19.3 Å². The second-order valence-corrected chi connectivity index (χ2v) is 7.84. The van der Waals surface area contributed by atoms with Gasteiger partial charge in [0.1, 0.15) is 5.03 Å². The van der Waals surface area contributed by atoms with Gasteiger partial charge in [0, 0.05) is 6.04 Å². The monoisotopic (exact) mass is 417 g/mol. The predicted octanol–water partition coefficient (Wildman–Crippen LogP) is 4.57. The van der Waals surface area contributed by atoms with Gasteiger partial charge in [-0.15, -0.1) is 20.4 Å². The molecule has 5 rings (SSSR count). The van der Waals surface area contributed by atoms with Gasteiger partial charge in [0.15, 0.2) is 16.6 Å². The van der Waals surface area contributed by atoms with Crippen LogP contribution in [0.5, 0.6) is 0 Å². The molecule has 8 nitrogen and oxygen atoms in total. The summed E-state index contributed by atoms with van der Waals surface area (Å²) in [5.41, 5.74) is 0.273. The highest BCUT2D eigenvalue weighted by Gasteiger charge is 2.26. The van der Waals surface area contributed by atoms with E-state index >= 15 is 0 Å². The van der Waals surface area contributed by atoms with Gasteiger partial charge in [-0.2, -0.15) is 9.61 Å². The molecule has 1 fully saturated rings. The standard InChI is InChI=1S/C18H17F2N7OS/c19-15(20)17-23-21-13-8-9-14(25-27(13)17)29-18-24-22-16(12-7-4-10-28-12)26(18)11-5-2-1-3-6-11/h4,7-11,15H,1-3,5-6H2. The fourth-order valence-electron chi connectivity index (χ4n) is 3.66. The van der Waals surface area contributed by atoms with Crippen LogP contribution < -0.4 is 0 Å². The van der Waals surface area contributed by atoms with Gasteiger partial charge in [-0.05, 0) is 48.9 Å². The van der Waals surface area contributed by atoms with Crippen LogP contribution in [0, 0.1) is 0 Å². The zero-order valence-corrected chi connectivity index (χ0v) is 16.1. The molecule has 4 aromatic heterocycles. The number of furan rings is 1. The van der Waals surface area contributed by atoms with Gasteiger partial charge >= 0.3 is 0 Å². The molecular weight excluding hydrogens is 400 g/mol. The summed E-state index contributed by atoms with van der Waals surface area (Å²) in [4.78, 5) is 0. The van der Waals surface area contributed by atoms with Gasteiger partial charge < -0.3 is 4.42 Å². The van der Waals surface area contributed by atoms with E-state index in [0.29, 0.717) is 21.8 Å². The molecule has 0 amide bonds. The molecule has 1 aliphatic rings. The highest BCUT2D eigenvalue weighted by Crippen LogP contribution is 2.37. The first-order valence-electron chi connectivity index (χ1n) is 9.38. The maximum absolute atomic E-state index is 13.1.